The van der Waals surface area contributed by atoms with Gasteiger partial charge in [0.25, 0.3) is 0 Å². The third-order valence-electron chi connectivity index (χ3n) is 6.56. The molecule has 1 aliphatic rings. The van der Waals surface area contributed by atoms with Gasteiger partial charge in [0.1, 0.15) is 23.0 Å². The van der Waals surface area contributed by atoms with Gasteiger partial charge >= 0.3 is 0 Å². The fourth-order valence-electron chi connectivity index (χ4n) is 4.86. The van der Waals surface area contributed by atoms with E-state index >= 15 is 0 Å². The van der Waals surface area contributed by atoms with Crippen molar-refractivity contribution in [2.75, 3.05) is 14.2 Å². The Bertz CT molecular complexity index is 1360. The van der Waals surface area contributed by atoms with E-state index in [1.807, 2.05) is 34.5 Å². The predicted octanol–water partition coefficient (Wildman–Crippen LogP) is 5.07. The number of rotatable bonds is 5. The van der Waals surface area contributed by atoms with Crippen molar-refractivity contribution in [1.29, 1.82) is 0 Å². The summed E-state index contributed by atoms with van der Waals surface area (Å²) < 4.78 is 15.5. The first-order valence-corrected chi connectivity index (χ1v) is 12.0. The van der Waals surface area contributed by atoms with Crippen LogP contribution >= 0.6 is 0 Å². The minimum atomic E-state index is -0.0230. The maximum Gasteiger partial charge on any atom is 0.238 e. The van der Waals surface area contributed by atoms with E-state index in [9.17, 15) is 0 Å². The van der Waals surface area contributed by atoms with Gasteiger partial charge < -0.3 is 14.0 Å². The molecule has 3 aromatic heterocycles. The summed E-state index contributed by atoms with van der Waals surface area (Å²) in [7, 11) is 3.38. The number of methoxy groups -OCH3 is 2. The quantitative estimate of drug-likeness (QED) is 0.403. The lowest BCUT2D eigenvalue weighted by Gasteiger charge is -2.28. The van der Waals surface area contributed by atoms with Gasteiger partial charge in [0.2, 0.25) is 5.88 Å². The summed E-state index contributed by atoms with van der Waals surface area (Å²) in [6, 6.07) is 10.3. The normalized spacial score (nSPS) is 15.7. The van der Waals surface area contributed by atoms with Crippen LogP contribution in [0.3, 0.4) is 0 Å². The molecule has 0 N–H and O–H groups in total. The largest absolute Gasteiger partial charge is 0.496 e. The zero-order valence-corrected chi connectivity index (χ0v) is 21.2. The second kappa shape index (κ2) is 8.83. The predicted molar refractivity (Wildman–Crippen MR) is 134 cm³/mol. The van der Waals surface area contributed by atoms with Gasteiger partial charge in [0.15, 0.2) is 5.82 Å². The monoisotopic (exact) mass is 472 g/mol. The van der Waals surface area contributed by atoms with Crippen molar-refractivity contribution in [3.63, 3.8) is 0 Å². The van der Waals surface area contributed by atoms with Crippen molar-refractivity contribution >= 4 is 0 Å². The fourth-order valence-corrected chi connectivity index (χ4v) is 4.86. The maximum absolute atomic E-state index is 5.96. The molecular weight excluding hydrogens is 440 g/mol. The van der Waals surface area contributed by atoms with Crippen molar-refractivity contribution in [3.8, 4) is 28.8 Å². The van der Waals surface area contributed by atoms with Crippen LogP contribution in [0.4, 0.5) is 0 Å². The molecule has 8 heteroatoms. The van der Waals surface area contributed by atoms with Gasteiger partial charge in [-0.15, -0.1) is 5.10 Å². The Labute approximate surface area is 206 Å². The van der Waals surface area contributed by atoms with Gasteiger partial charge in [-0.25, -0.2) is 19.6 Å². The van der Waals surface area contributed by atoms with Crippen LogP contribution in [0.5, 0.6) is 11.6 Å². The number of aromatic nitrogens is 6. The van der Waals surface area contributed by atoms with Gasteiger partial charge in [0, 0.05) is 24.2 Å². The minimum absolute atomic E-state index is 0.0230. The van der Waals surface area contributed by atoms with Crippen molar-refractivity contribution in [1.82, 2.24) is 29.3 Å². The summed E-state index contributed by atoms with van der Waals surface area (Å²) in [5.74, 6) is 3.11. The average molecular weight is 473 g/mol. The molecule has 8 nitrogen and oxygen atoms in total. The number of aryl methyl sites for hydroxylation is 2. The van der Waals surface area contributed by atoms with Crippen LogP contribution in [-0.2, 0) is 12.0 Å². The summed E-state index contributed by atoms with van der Waals surface area (Å²) in [5, 5.41) is 4.83. The molecule has 0 spiro atoms. The van der Waals surface area contributed by atoms with E-state index in [4.69, 9.17) is 24.5 Å². The first-order chi connectivity index (χ1) is 16.8. The Kier molecular flexibility index (Phi) is 5.83. The van der Waals surface area contributed by atoms with E-state index in [2.05, 4.69) is 44.0 Å². The number of nitrogens with zero attached hydrogens (tertiary/aromatic N) is 6. The molecular formula is C27H32N6O2. The van der Waals surface area contributed by atoms with E-state index in [0.717, 1.165) is 47.9 Å². The second-order valence-corrected chi connectivity index (χ2v) is 10.0. The van der Waals surface area contributed by atoms with Gasteiger partial charge in [-0.3, -0.25) is 0 Å². The minimum Gasteiger partial charge on any atom is -0.496 e. The van der Waals surface area contributed by atoms with Gasteiger partial charge in [-0.2, -0.15) is 0 Å². The molecule has 0 bridgehead atoms. The molecule has 5 rings (SSSR count). The first kappa shape index (κ1) is 23.1. The van der Waals surface area contributed by atoms with Crippen LogP contribution < -0.4 is 9.47 Å². The van der Waals surface area contributed by atoms with Crippen molar-refractivity contribution < 1.29 is 9.47 Å². The number of hydrogen-bond donors (Lipinski definition) is 0. The number of pyridine rings is 1. The van der Waals surface area contributed by atoms with Gasteiger partial charge in [0.05, 0.1) is 26.2 Å². The Morgan fingerprint density at radius 3 is 2.54 bits per heavy atom. The summed E-state index contributed by atoms with van der Waals surface area (Å²) in [5.41, 5.74) is 4.77. The third-order valence-corrected chi connectivity index (χ3v) is 6.56. The van der Waals surface area contributed by atoms with E-state index in [1.165, 1.54) is 5.56 Å². The lowest BCUT2D eigenvalue weighted by Crippen LogP contribution is -2.20. The molecule has 35 heavy (non-hydrogen) atoms. The zero-order valence-electron chi connectivity index (χ0n) is 21.2. The van der Waals surface area contributed by atoms with Gasteiger partial charge in [-0.1, -0.05) is 39.0 Å². The molecule has 0 unspecified atom stereocenters. The van der Waals surface area contributed by atoms with Crippen LogP contribution in [-0.4, -0.2) is 43.5 Å². The topological polar surface area (TPSA) is 79.9 Å². The highest BCUT2D eigenvalue weighted by Crippen LogP contribution is 2.42. The van der Waals surface area contributed by atoms with Crippen LogP contribution in [0.2, 0.25) is 0 Å². The van der Waals surface area contributed by atoms with Crippen LogP contribution in [0.25, 0.3) is 17.2 Å². The summed E-state index contributed by atoms with van der Waals surface area (Å²) in [4.78, 5) is 14.0. The number of fused-ring (bicyclic) bond motifs is 1. The van der Waals surface area contributed by atoms with E-state index < -0.39 is 0 Å². The lowest BCUT2D eigenvalue weighted by atomic mass is 9.82. The SMILES string of the molecule is COc1nc(-c2nc3n(n2)CCC[C@@H]3c2cccc(C(C)(C)C)c2OC)ccc1-n1cnc(C)c1. The molecule has 1 aromatic carbocycles. The van der Waals surface area contributed by atoms with Crippen molar-refractivity contribution in [2.45, 2.75) is 58.4 Å². The van der Waals surface area contributed by atoms with Crippen molar-refractivity contribution in [3.05, 3.63) is 65.5 Å². The number of hydrogen-bond acceptors (Lipinski definition) is 6. The Morgan fingerprint density at radius 1 is 1.03 bits per heavy atom. The highest BCUT2D eigenvalue weighted by Gasteiger charge is 2.31. The lowest BCUT2D eigenvalue weighted by molar-refractivity contribution is 0.380. The molecule has 1 aliphatic heterocycles. The van der Waals surface area contributed by atoms with E-state index in [1.54, 1.807) is 20.5 Å². The third kappa shape index (κ3) is 4.17. The summed E-state index contributed by atoms with van der Waals surface area (Å²) >= 11 is 0. The van der Waals surface area contributed by atoms with Crippen molar-refractivity contribution in [2.24, 2.45) is 0 Å². The Morgan fingerprint density at radius 2 is 1.86 bits per heavy atom. The fraction of sp³-hybridized carbons (Fsp3) is 0.407. The molecule has 0 amide bonds. The number of benzene rings is 1. The highest BCUT2D eigenvalue weighted by atomic mass is 16.5. The molecule has 0 saturated carbocycles. The van der Waals surface area contributed by atoms with Crippen LogP contribution in [0, 0.1) is 6.92 Å². The zero-order chi connectivity index (χ0) is 24.7. The van der Waals surface area contributed by atoms with E-state index in [0.29, 0.717) is 17.4 Å². The average Bonchev–Trinajstić information content (AvgIpc) is 3.48. The molecule has 182 valence electrons. The molecule has 0 radical (unpaired) electrons. The second-order valence-electron chi connectivity index (χ2n) is 10.0. The Balaban J connectivity index is 1.55. The highest BCUT2D eigenvalue weighted by molar-refractivity contribution is 5.56. The molecule has 1 atom stereocenters. The molecule has 0 fully saturated rings. The summed E-state index contributed by atoms with van der Waals surface area (Å²) in [6.07, 6.45) is 5.72. The van der Waals surface area contributed by atoms with Crippen LogP contribution in [0.15, 0.2) is 42.9 Å². The molecule has 4 heterocycles. The standard InChI is InChI=1S/C27H32N6O2/c1-17-15-32(16-28-17)22-13-12-21(29-26(22)35-6)24-30-25-19(10-8-14-33(25)31-24)18-9-7-11-20(23(18)34-5)27(2,3)4/h7,9,11-13,15-16,19H,8,10,14H2,1-6H3/t19-/m1/s1. The Hall–Kier alpha value is -3.68. The van der Waals surface area contributed by atoms with Crippen LogP contribution in [0.1, 0.15) is 62.2 Å². The number of ether oxygens (including phenoxy) is 2. The smallest absolute Gasteiger partial charge is 0.238 e. The molecule has 0 saturated heterocycles. The van der Waals surface area contributed by atoms with E-state index in [-0.39, 0.29) is 11.3 Å². The van der Waals surface area contributed by atoms with Gasteiger partial charge in [-0.05, 0) is 42.9 Å². The maximum atomic E-state index is 5.96. The number of imidazole rings is 1. The molecule has 4 aromatic rings. The molecule has 0 aliphatic carbocycles. The number of para-hydroxylation sites is 1. The first-order valence-electron chi connectivity index (χ1n) is 12.0. The summed E-state index contributed by atoms with van der Waals surface area (Å²) in [6.45, 7) is 9.42.